The molecule has 98 valence electrons. The van der Waals surface area contributed by atoms with Crippen molar-refractivity contribution in [2.75, 3.05) is 12.3 Å². The zero-order valence-corrected chi connectivity index (χ0v) is 11.7. The molecular weight excluding hydrogens is 270 g/mol. The molecule has 1 aliphatic rings. The second kappa shape index (κ2) is 5.75. The van der Waals surface area contributed by atoms with Crippen molar-refractivity contribution in [1.29, 1.82) is 0 Å². The number of carboxylic acid groups (broad SMARTS) is 1. The fraction of sp³-hybridized carbons (Fsp3) is 0.500. The van der Waals surface area contributed by atoms with Crippen molar-refractivity contribution in [3.63, 3.8) is 0 Å². The summed E-state index contributed by atoms with van der Waals surface area (Å²) in [7, 11) is 0. The highest BCUT2D eigenvalue weighted by Crippen LogP contribution is 2.27. The van der Waals surface area contributed by atoms with Crippen LogP contribution in [0.4, 0.5) is 0 Å². The number of hydrogen-bond acceptors (Lipinski definition) is 4. The highest BCUT2D eigenvalue weighted by molar-refractivity contribution is 8.01. The Balaban J connectivity index is 1.88. The molecule has 1 aromatic rings. The molecule has 0 saturated carbocycles. The number of amides is 1. The molecule has 18 heavy (non-hydrogen) atoms. The van der Waals surface area contributed by atoms with E-state index >= 15 is 0 Å². The van der Waals surface area contributed by atoms with Crippen molar-refractivity contribution in [3.8, 4) is 0 Å². The number of nitrogens with zero attached hydrogens (tertiary/aromatic N) is 1. The Bertz CT molecular complexity index is 433. The first kappa shape index (κ1) is 13.4. The maximum Gasteiger partial charge on any atom is 0.308 e. The lowest BCUT2D eigenvalue weighted by atomic mass is 10.0. The number of carbonyl (C=O) groups excluding carboxylic acids is 1. The molecule has 0 aliphatic carbocycles. The SMILES string of the molecule is CC1C(C(=O)O)CCN1C(=O)CSc1cccs1. The smallest absolute Gasteiger partial charge is 0.308 e. The fourth-order valence-corrected chi connectivity index (χ4v) is 3.85. The van der Waals surface area contributed by atoms with Crippen molar-refractivity contribution in [3.05, 3.63) is 17.5 Å². The molecule has 2 rings (SSSR count). The summed E-state index contributed by atoms with van der Waals surface area (Å²) >= 11 is 3.13. The molecule has 1 amide bonds. The second-order valence-corrected chi connectivity index (χ2v) is 6.51. The van der Waals surface area contributed by atoms with Crippen LogP contribution in [0.2, 0.25) is 0 Å². The lowest BCUT2D eigenvalue weighted by Crippen LogP contribution is -2.38. The van der Waals surface area contributed by atoms with Crippen molar-refractivity contribution in [2.45, 2.75) is 23.6 Å². The third kappa shape index (κ3) is 2.87. The first-order chi connectivity index (χ1) is 8.59. The fourth-order valence-electron chi connectivity index (χ4n) is 2.18. The minimum atomic E-state index is -0.802. The predicted octanol–water partition coefficient (Wildman–Crippen LogP) is 2.16. The van der Waals surface area contributed by atoms with Gasteiger partial charge in [-0.15, -0.1) is 23.1 Å². The predicted molar refractivity (Wildman–Crippen MR) is 72.0 cm³/mol. The molecule has 4 nitrogen and oxygen atoms in total. The van der Waals surface area contributed by atoms with Crippen LogP contribution in [-0.2, 0) is 9.59 Å². The number of hydrogen-bond donors (Lipinski definition) is 1. The van der Waals surface area contributed by atoms with Gasteiger partial charge < -0.3 is 10.0 Å². The quantitative estimate of drug-likeness (QED) is 0.861. The van der Waals surface area contributed by atoms with Crippen LogP contribution >= 0.6 is 23.1 Å². The molecule has 1 aromatic heterocycles. The van der Waals surface area contributed by atoms with Gasteiger partial charge >= 0.3 is 5.97 Å². The normalized spacial score (nSPS) is 23.3. The van der Waals surface area contributed by atoms with E-state index in [1.165, 1.54) is 11.8 Å². The molecule has 1 aliphatic heterocycles. The topological polar surface area (TPSA) is 57.6 Å². The van der Waals surface area contributed by atoms with Crippen molar-refractivity contribution in [2.24, 2.45) is 5.92 Å². The van der Waals surface area contributed by atoms with Gasteiger partial charge in [0.1, 0.15) is 0 Å². The van der Waals surface area contributed by atoms with Gasteiger partial charge in [0.2, 0.25) is 5.91 Å². The van der Waals surface area contributed by atoms with E-state index in [4.69, 9.17) is 5.11 Å². The third-order valence-electron chi connectivity index (χ3n) is 3.23. The van der Waals surface area contributed by atoms with Crippen molar-refractivity contribution >= 4 is 35.0 Å². The van der Waals surface area contributed by atoms with E-state index in [2.05, 4.69) is 0 Å². The van der Waals surface area contributed by atoms with E-state index in [1.54, 1.807) is 16.2 Å². The van der Waals surface area contributed by atoms with Crippen LogP contribution in [0.3, 0.4) is 0 Å². The van der Waals surface area contributed by atoms with Crippen LogP contribution in [-0.4, -0.2) is 40.2 Å². The van der Waals surface area contributed by atoms with Crippen molar-refractivity contribution in [1.82, 2.24) is 4.90 Å². The van der Waals surface area contributed by atoms with Crippen LogP contribution < -0.4 is 0 Å². The van der Waals surface area contributed by atoms with Gasteiger partial charge in [-0.05, 0) is 24.8 Å². The highest BCUT2D eigenvalue weighted by atomic mass is 32.2. The van der Waals surface area contributed by atoms with Gasteiger partial charge in [0.25, 0.3) is 0 Å². The average Bonchev–Trinajstić information content (AvgIpc) is 2.94. The minimum absolute atomic E-state index is 0.0321. The largest absolute Gasteiger partial charge is 0.481 e. The van der Waals surface area contributed by atoms with E-state index in [0.29, 0.717) is 18.7 Å². The van der Waals surface area contributed by atoms with E-state index in [-0.39, 0.29) is 11.9 Å². The molecule has 0 aromatic carbocycles. The molecule has 0 bridgehead atoms. The van der Waals surface area contributed by atoms with E-state index in [9.17, 15) is 9.59 Å². The number of thioether (sulfide) groups is 1. The molecule has 2 unspecified atom stereocenters. The molecule has 1 N–H and O–H groups in total. The number of rotatable bonds is 4. The molecule has 2 atom stereocenters. The lowest BCUT2D eigenvalue weighted by Gasteiger charge is -2.23. The lowest BCUT2D eigenvalue weighted by molar-refractivity contribution is -0.142. The number of likely N-dealkylation sites (tertiary alicyclic amines) is 1. The maximum atomic E-state index is 12.0. The van der Waals surface area contributed by atoms with Crippen molar-refractivity contribution < 1.29 is 14.7 Å². The summed E-state index contributed by atoms with van der Waals surface area (Å²) in [6.07, 6.45) is 0.561. The van der Waals surface area contributed by atoms with Gasteiger partial charge in [0.05, 0.1) is 15.9 Å². The Morgan fingerprint density at radius 1 is 1.61 bits per heavy atom. The number of carbonyl (C=O) groups is 2. The van der Waals surface area contributed by atoms with Gasteiger partial charge in [0, 0.05) is 12.6 Å². The standard InChI is InChI=1S/C12H15NO3S2/c1-8-9(12(15)16)4-5-13(8)10(14)7-18-11-3-2-6-17-11/h2-3,6,8-9H,4-5,7H2,1H3,(H,15,16). The number of thiophene rings is 1. The van der Waals surface area contributed by atoms with Gasteiger partial charge in [-0.1, -0.05) is 6.07 Å². The van der Waals surface area contributed by atoms with E-state index in [0.717, 1.165) is 4.21 Å². The first-order valence-electron chi connectivity index (χ1n) is 5.78. The summed E-state index contributed by atoms with van der Waals surface area (Å²) < 4.78 is 1.12. The van der Waals surface area contributed by atoms with Gasteiger partial charge in [-0.25, -0.2) is 0 Å². The zero-order valence-electron chi connectivity index (χ0n) is 10.0. The van der Waals surface area contributed by atoms with Gasteiger partial charge in [-0.2, -0.15) is 0 Å². The molecule has 1 fully saturated rings. The number of carboxylic acids is 1. The minimum Gasteiger partial charge on any atom is -0.481 e. The van der Waals surface area contributed by atoms with Gasteiger partial charge in [0.15, 0.2) is 0 Å². The Kier molecular flexibility index (Phi) is 4.29. The van der Waals surface area contributed by atoms with Crippen LogP contribution in [0.25, 0.3) is 0 Å². The Morgan fingerprint density at radius 3 is 2.94 bits per heavy atom. The Morgan fingerprint density at radius 2 is 2.39 bits per heavy atom. The van der Waals surface area contributed by atoms with E-state index in [1.807, 2.05) is 24.4 Å². The average molecular weight is 285 g/mol. The van der Waals surface area contributed by atoms with Crippen LogP contribution in [0.1, 0.15) is 13.3 Å². The summed E-state index contributed by atoms with van der Waals surface area (Å²) in [6, 6.07) is 3.74. The highest BCUT2D eigenvalue weighted by Gasteiger charge is 2.37. The van der Waals surface area contributed by atoms with Crippen LogP contribution in [0.15, 0.2) is 21.7 Å². The Labute approximate surface area is 114 Å². The summed E-state index contributed by atoms with van der Waals surface area (Å²) in [5.41, 5.74) is 0. The Hall–Kier alpha value is -1.01. The first-order valence-corrected chi connectivity index (χ1v) is 7.64. The van der Waals surface area contributed by atoms with Gasteiger partial charge in [-0.3, -0.25) is 9.59 Å². The maximum absolute atomic E-state index is 12.0. The third-order valence-corrected chi connectivity index (χ3v) is 5.34. The molecular formula is C12H15NO3S2. The summed E-state index contributed by atoms with van der Waals surface area (Å²) in [6.45, 7) is 2.38. The van der Waals surface area contributed by atoms with E-state index < -0.39 is 11.9 Å². The van der Waals surface area contributed by atoms with Crippen LogP contribution in [0.5, 0.6) is 0 Å². The summed E-state index contributed by atoms with van der Waals surface area (Å²) in [5, 5.41) is 11.0. The molecule has 0 spiro atoms. The molecule has 6 heteroatoms. The van der Waals surface area contributed by atoms with Crippen LogP contribution in [0, 0.1) is 5.92 Å². The second-order valence-electron chi connectivity index (χ2n) is 4.28. The summed E-state index contributed by atoms with van der Waals surface area (Å²) in [5.74, 6) is -0.800. The molecule has 2 heterocycles. The summed E-state index contributed by atoms with van der Waals surface area (Å²) in [4.78, 5) is 24.7. The molecule has 1 saturated heterocycles. The monoisotopic (exact) mass is 285 g/mol. The zero-order chi connectivity index (χ0) is 13.1. The molecule has 0 radical (unpaired) electrons. The number of aliphatic carboxylic acids is 1.